The Morgan fingerprint density at radius 2 is 1.67 bits per heavy atom. The maximum atomic E-state index is 12.8. The Hall–Kier alpha value is -2.94. The highest BCUT2D eigenvalue weighted by molar-refractivity contribution is 6.31. The summed E-state index contributed by atoms with van der Waals surface area (Å²) in [4.78, 5) is 25.2. The SMILES string of the molecule is CC.CCCCNCO.CCCNC(C)=O.O=C(Nc1ccc(F)cc1)c1cc2cc(Cl)ccc2[nH]1. The van der Waals surface area contributed by atoms with Crippen molar-refractivity contribution in [3.05, 3.63) is 65.1 Å². The molecule has 0 saturated heterocycles. The summed E-state index contributed by atoms with van der Waals surface area (Å²) in [7, 11) is 0. The number of nitrogens with one attached hydrogen (secondary N) is 4. The maximum Gasteiger partial charge on any atom is 0.272 e. The predicted molar refractivity (Wildman–Crippen MR) is 148 cm³/mol. The first kappa shape index (κ1) is 33.1. The lowest BCUT2D eigenvalue weighted by molar-refractivity contribution is -0.118. The summed E-state index contributed by atoms with van der Waals surface area (Å²) in [6.45, 7) is 11.5. The van der Waals surface area contributed by atoms with Crippen LogP contribution in [-0.2, 0) is 4.79 Å². The smallest absolute Gasteiger partial charge is 0.272 e. The van der Waals surface area contributed by atoms with Gasteiger partial charge >= 0.3 is 0 Å². The number of amides is 2. The van der Waals surface area contributed by atoms with Crippen LogP contribution >= 0.6 is 11.6 Å². The molecule has 36 heavy (non-hydrogen) atoms. The number of unbranched alkanes of at least 4 members (excludes halogenated alkanes) is 1. The molecule has 2 amide bonds. The molecule has 0 radical (unpaired) electrons. The van der Waals surface area contributed by atoms with Gasteiger partial charge in [-0.2, -0.15) is 0 Å². The van der Waals surface area contributed by atoms with E-state index in [2.05, 4.69) is 27.9 Å². The van der Waals surface area contributed by atoms with Crippen molar-refractivity contribution in [1.29, 1.82) is 0 Å². The zero-order chi connectivity index (χ0) is 27.3. The van der Waals surface area contributed by atoms with Crippen LogP contribution < -0.4 is 16.0 Å². The van der Waals surface area contributed by atoms with Crippen LogP contribution in [0.1, 0.15) is 64.4 Å². The van der Waals surface area contributed by atoms with Gasteiger partial charge in [-0.05, 0) is 67.9 Å². The van der Waals surface area contributed by atoms with Gasteiger partial charge < -0.3 is 20.7 Å². The number of carbonyl (C=O) groups is 2. The number of H-pyrrole nitrogens is 1. The third-order valence-electron chi connectivity index (χ3n) is 4.37. The van der Waals surface area contributed by atoms with Crippen molar-refractivity contribution in [2.45, 2.75) is 53.9 Å². The average Bonchev–Trinajstić information content (AvgIpc) is 3.30. The minimum absolute atomic E-state index is 0.0573. The monoisotopic (exact) mass is 522 g/mol. The van der Waals surface area contributed by atoms with Gasteiger partial charge in [-0.15, -0.1) is 0 Å². The number of aromatic nitrogens is 1. The van der Waals surface area contributed by atoms with Crippen LogP contribution in [0.3, 0.4) is 0 Å². The molecule has 0 aliphatic carbocycles. The zero-order valence-corrected chi connectivity index (χ0v) is 22.6. The second kappa shape index (κ2) is 20.3. The molecule has 9 heteroatoms. The Morgan fingerprint density at radius 1 is 1.00 bits per heavy atom. The number of fused-ring (bicyclic) bond motifs is 1. The Balaban J connectivity index is 0.000000636. The summed E-state index contributed by atoms with van der Waals surface area (Å²) < 4.78 is 12.8. The molecule has 0 aliphatic heterocycles. The van der Waals surface area contributed by atoms with Crippen molar-refractivity contribution in [2.75, 3.05) is 25.1 Å². The molecule has 0 saturated carbocycles. The highest BCUT2D eigenvalue weighted by Crippen LogP contribution is 2.20. The van der Waals surface area contributed by atoms with E-state index in [0.29, 0.717) is 16.4 Å². The molecule has 0 fully saturated rings. The first-order valence-electron chi connectivity index (χ1n) is 12.2. The van der Waals surface area contributed by atoms with Gasteiger partial charge in [-0.3, -0.25) is 14.9 Å². The molecule has 200 valence electrons. The van der Waals surface area contributed by atoms with E-state index in [1.165, 1.54) is 37.6 Å². The van der Waals surface area contributed by atoms with Crippen LogP contribution in [0.25, 0.3) is 10.9 Å². The topological polar surface area (TPSA) is 106 Å². The molecule has 0 atom stereocenters. The van der Waals surface area contributed by atoms with Gasteiger partial charge in [0.05, 0.1) is 6.73 Å². The molecular weight excluding hydrogens is 483 g/mol. The molecule has 0 unspecified atom stereocenters. The molecule has 2 aromatic carbocycles. The summed E-state index contributed by atoms with van der Waals surface area (Å²) in [5.41, 5.74) is 1.79. The summed E-state index contributed by atoms with van der Waals surface area (Å²) in [5.74, 6) is -0.575. The van der Waals surface area contributed by atoms with E-state index in [1.54, 1.807) is 18.2 Å². The van der Waals surface area contributed by atoms with Crippen LogP contribution in [0, 0.1) is 5.82 Å². The van der Waals surface area contributed by atoms with E-state index < -0.39 is 0 Å². The predicted octanol–water partition coefficient (Wildman–Crippen LogP) is 6.10. The average molecular weight is 523 g/mol. The fourth-order valence-electron chi connectivity index (χ4n) is 2.64. The quantitative estimate of drug-likeness (QED) is 0.182. The molecular formula is C27H40ClFN4O3. The van der Waals surface area contributed by atoms with E-state index in [1.807, 2.05) is 26.8 Å². The maximum absolute atomic E-state index is 12.8. The second-order valence-electron chi connectivity index (χ2n) is 7.37. The zero-order valence-electron chi connectivity index (χ0n) is 21.9. The van der Waals surface area contributed by atoms with Crippen LogP contribution in [0.15, 0.2) is 48.5 Å². The van der Waals surface area contributed by atoms with Crippen LogP contribution in [-0.4, -0.2) is 41.7 Å². The number of aromatic amines is 1. The van der Waals surface area contributed by atoms with Gasteiger partial charge in [-0.1, -0.05) is 45.7 Å². The van der Waals surface area contributed by atoms with Crippen molar-refractivity contribution in [3.8, 4) is 0 Å². The van der Waals surface area contributed by atoms with E-state index in [9.17, 15) is 14.0 Å². The van der Waals surface area contributed by atoms with Crippen LogP contribution in [0.5, 0.6) is 0 Å². The summed E-state index contributed by atoms with van der Waals surface area (Å²) in [6, 6.07) is 12.7. The van der Waals surface area contributed by atoms with Crippen molar-refractivity contribution in [3.63, 3.8) is 0 Å². The van der Waals surface area contributed by atoms with Gasteiger partial charge in [0.2, 0.25) is 5.91 Å². The fourth-order valence-corrected chi connectivity index (χ4v) is 2.82. The van der Waals surface area contributed by atoms with E-state index in [4.69, 9.17) is 16.7 Å². The lowest BCUT2D eigenvalue weighted by atomic mass is 10.2. The molecule has 1 heterocycles. The molecule has 3 aromatic rings. The van der Waals surface area contributed by atoms with Crippen molar-refractivity contribution < 1.29 is 19.1 Å². The fraction of sp³-hybridized carbons (Fsp3) is 0.407. The molecule has 0 aliphatic rings. The second-order valence-corrected chi connectivity index (χ2v) is 7.81. The number of carbonyl (C=O) groups excluding carboxylic acids is 2. The molecule has 0 bridgehead atoms. The first-order valence-corrected chi connectivity index (χ1v) is 12.6. The van der Waals surface area contributed by atoms with Gasteiger partial charge in [0.1, 0.15) is 11.5 Å². The van der Waals surface area contributed by atoms with Crippen molar-refractivity contribution >= 4 is 40.0 Å². The number of aliphatic hydroxyl groups excluding tert-OH is 1. The third-order valence-corrected chi connectivity index (χ3v) is 4.61. The van der Waals surface area contributed by atoms with Crippen molar-refractivity contribution in [1.82, 2.24) is 15.6 Å². The molecule has 7 nitrogen and oxygen atoms in total. The highest BCUT2D eigenvalue weighted by Gasteiger charge is 2.10. The summed E-state index contributed by atoms with van der Waals surface area (Å²) in [5, 5.41) is 17.8. The number of aliphatic hydroxyl groups is 1. The van der Waals surface area contributed by atoms with E-state index in [-0.39, 0.29) is 24.4 Å². The standard InChI is InChI=1S/C15H10ClFN2O.C5H11NO.C5H13NO.C2H6/c16-10-1-6-13-9(7-10)8-14(19-13)15(20)18-12-4-2-11(17)3-5-12;1-3-4-6-5(2)7;1-2-3-4-6-5-7;1-2/h1-8,19H,(H,18,20);3-4H2,1-2H3,(H,6,7);6-7H,2-5H2,1H3;1-2H3. The number of hydrogen-bond donors (Lipinski definition) is 5. The van der Waals surface area contributed by atoms with Crippen molar-refractivity contribution in [2.24, 2.45) is 0 Å². The number of halogens is 2. The van der Waals surface area contributed by atoms with E-state index in [0.717, 1.165) is 36.8 Å². The molecule has 5 N–H and O–H groups in total. The van der Waals surface area contributed by atoms with E-state index >= 15 is 0 Å². The first-order chi connectivity index (χ1) is 17.3. The number of benzene rings is 2. The molecule has 3 rings (SSSR count). The molecule has 1 aromatic heterocycles. The lowest BCUT2D eigenvalue weighted by Gasteiger charge is -2.02. The minimum Gasteiger partial charge on any atom is -0.381 e. The summed E-state index contributed by atoms with van der Waals surface area (Å²) in [6.07, 6.45) is 3.35. The Bertz CT molecular complexity index is 1010. The van der Waals surface area contributed by atoms with Crippen LogP contribution in [0.2, 0.25) is 5.02 Å². The Kier molecular flexibility index (Phi) is 18.6. The normalized spacial score (nSPS) is 9.56. The largest absolute Gasteiger partial charge is 0.381 e. The van der Waals surface area contributed by atoms with Gasteiger partial charge in [-0.25, -0.2) is 4.39 Å². The summed E-state index contributed by atoms with van der Waals surface area (Å²) >= 11 is 5.90. The van der Waals surface area contributed by atoms with Gasteiger partial charge in [0, 0.05) is 35.1 Å². The lowest BCUT2D eigenvalue weighted by Crippen LogP contribution is -2.19. The third kappa shape index (κ3) is 14.5. The van der Waals surface area contributed by atoms with Gasteiger partial charge in [0.25, 0.3) is 5.91 Å². The number of anilines is 1. The highest BCUT2D eigenvalue weighted by atomic mass is 35.5. The number of hydrogen-bond acceptors (Lipinski definition) is 4. The number of rotatable bonds is 8. The minimum atomic E-state index is -0.344. The van der Waals surface area contributed by atoms with Crippen LogP contribution in [0.4, 0.5) is 10.1 Å². The van der Waals surface area contributed by atoms with Gasteiger partial charge in [0.15, 0.2) is 0 Å². The molecule has 0 spiro atoms. The Labute approximate surface area is 218 Å². The Morgan fingerprint density at radius 3 is 2.19 bits per heavy atom.